The molecule has 0 radical (unpaired) electrons. The van der Waals surface area contributed by atoms with Crippen LogP contribution in [0.1, 0.15) is 79.1 Å². The summed E-state index contributed by atoms with van der Waals surface area (Å²) < 4.78 is 12.3. The zero-order chi connectivity index (χ0) is 24.7. The van der Waals surface area contributed by atoms with Gasteiger partial charge in [-0.2, -0.15) is 0 Å². The van der Waals surface area contributed by atoms with Crippen molar-refractivity contribution in [3.05, 3.63) is 11.1 Å². The van der Waals surface area contributed by atoms with E-state index >= 15 is 0 Å². The minimum Gasteiger partial charge on any atom is -0.458 e. The summed E-state index contributed by atoms with van der Waals surface area (Å²) in [5, 5.41) is 20.8. The van der Waals surface area contributed by atoms with Gasteiger partial charge in [0.15, 0.2) is 0 Å². The summed E-state index contributed by atoms with van der Waals surface area (Å²) in [5.74, 6) is 1.77. The molecule has 2 heterocycles. The number of cyclic esters (lactones) is 1. The lowest BCUT2D eigenvalue weighted by Gasteiger charge is -2.55. The van der Waals surface area contributed by atoms with Crippen molar-refractivity contribution in [2.24, 2.45) is 45.8 Å². The molecule has 6 fully saturated rings. The van der Waals surface area contributed by atoms with Gasteiger partial charge < -0.3 is 19.7 Å². The quantitative estimate of drug-likeness (QED) is 0.470. The Labute approximate surface area is 207 Å². The van der Waals surface area contributed by atoms with Crippen LogP contribution in [0.15, 0.2) is 11.1 Å². The third-order valence-corrected chi connectivity index (χ3v) is 12.9. The Morgan fingerprint density at radius 2 is 1.91 bits per heavy atom. The normalized spacial score (nSPS) is 56.8. The molecule has 0 aromatic rings. The Kier molecular flexibility index (Phi) is 4.45. The van der Waals surface area contributed by atoms with Crippen LogP contribution in [0.4, 0.5) is 0 Å². The number of fused-ring (bicyclic) bond motifs is 2. The summed E-state index contributed by atoms with van der Waals surface area (Å²) in [5.41, 5.74) is 0.535. The zero-order valence-corrected chi connectivity index (χ0v) is 21.5. The van der Waals surface area contributed by atoms with Crippen molar-refractivity contribution in [2.75, 3.05) is 6.61 Å². The summed E-state index contributed by atoms with van der Waals surface area (Å²) in [6.45, 7) is 8.42. The van der Waals surface area contributed by atoms with Crippen LogP contribution in [-0.4, -0.2) is 52.5 Å². The molecule has 0 bridgehead atoms. The van der Waals surface area contributed by atoms with Gasteiger partial charge in [-0.3, -0.25) is 4.79 Å². The molecule has 2 aliphatic heterocycles. The van der Waals surface area contributed by atoms with E-state index in [1.807, 2.05) is 13.8 Å². The van der Waals surface area contributed by atoms with Crippen molar-refractivity contribution in [2.45, 2.75) is 103 Å². The molecule has 192 valence electrons. The van der Waals surface area contributed by atoms with Gasteiger partial charge in [0.25, 0.3) is 0 Å². The second-order valence-corrected chi connectivity index (χ2v) is 13.7. The van der Waals surface area contributed by atoms with E-state index in [4.69, 9.17) is 9.47 Å². The summed E-state index contributed by atoms with van der Waals surface area (Å²) in [6, 6.07) is 0. The lowest BCUT2D eigenvalue weighted by molar-refractivity contribution is -0.154. The standard InChI is InChI=1S/C29H40O6/c1-14-9-21(34-25(33)17(14)12-30)16(3)18-5-6-19-20-11-23-29(35-23)24(32)15(2)10-22(31)28(29)13-27(20,28)8-7-26(18,19)4/h15-16,18-21,23-24,30,32H,5-13H2,1-4H3. The van der Waals surface area contributed by atoms with E-state index in [1.165, 1.54) is 0 Å². The third kappa shape index (κ3) is 2.40. The number of carbonyl (C=O) groups excluding carboxylic acids is 2. The van der Waals surface area contributed by atoms with Crippen molar-refractivity contribution in [3.63, 3.8) is 0 Å². The van der Waals surface area contributed by atoms with Crippen LogP contribution < -0.4 is 0 Å². The molecular weight excluding hydrogens is 444 g/mol. The maximum absolute atomic E-state index is 13.6. The summed E-state index contributed by atoms with van der Waals surface area (Å²) in [6.07, 6.45) is 6.94. The molecular formula is C29H40O6. The molecule has 6 heteroatoms. The van der Waals surface area contributed by atoms with Gasteiger partial charge in [0.1, 0.15) is 17.5 Å². The Morgan fingerprint density at radius 3 is 2.63 bits per heavy atom. The maximum Gasteiger partial charge on any atom is 0.336 e. The van der Waals surface area contributed by atoms with Crippen LogP contribution >= 0.6 is 0 Å². The Balaban J connectivity index is 1.17. The average Bonchev–Trinajstić information content (AvgIpc) is 3.67. The molecule has 3 spiro atoms. The minimum atomic E-state index is -0.595. The summed E-state index contributed by atoms with van der Waals surface area (Å²) in [4.78, 5) is 26.1. The van der Waals surface area contributed by atoms with Crippen molar-refractivity contribution < 1.29 is 29.3 Å². The molecule has 12 atom stereocenters. The first-order valence-corrected chi connectivity index (χ1v) is 14.0. The number of epoxide rings is 1. The van der Waals surface area contributed by atoms with Gasteiger partial charge in [0.05, 0.1) is 29.8 Å². The van der Waals surface area contributed by atoms with Crippen molar-refractivity contribution in [1.82, 2.24) is 0 Å². The second-order valence-electron chi connectivity index (χ2n) is 13.7. The van der Waals surface area contributed by atoms with Gasteiger partial charge in [0.2, 0.25) is 0 Å². The van der Waals surface area contributed by atoms with Crippen LogP contribution in [0.5, 0.6) is 0 Å². The van der Waals surface area contributed by atoms with E-state index in [1.54, 1.807) is 0 Å². The number of rotatable bonds is 3. The lowest BCUT2D eigenvalue weighted by atomic mass is 9.48. The molecule has 5 aliphatic carbocycles. The molecule has 12 unspecified atom stereocenters. The highest BCUT2D eigenvalue weighted by molar-refractivity contribution is 5.93. The average molecular weight is 485 g/mol. The Morgan fingerprint density at radius 1 is 1.14 bits per heavy atom. The number of Topliss-reactive ketones (excluding diaryl/α,β-unsaturated/α-hetero) is 1. The number of hydrogen-bond acceptors (Lipinski definition) is 6. The number of carbonyl (C=O) groups is 2. The minimum absolute atomic E-state index is 0.0139. The van der Waals surface area contributed by atoms with Gasteiger partial charge in [-0.1, -0.05) is 26.3 Å². The summed E-state index contributed by atoms with van der Waals surface area (Å²) in [7, 11) is 0. The van der Waals surface area contributed by atoms with Crippen molar-refractivity contribution in [1.29, 1.82) is 0 Å². The molecule has 6 nitrogen and oxygen atoms in total. The predicted octanol–water partition coefficient (Wildman–Crippen LogP) is 3.58. The number of ether oxygens (including phenoxy) is 2. The second kappa shape index (κ2) is 6.79. The van der Waals surface area contributed by atoms with E-state index in [2.05, 4.69) is 13.8 Å². The smallest absolute Gasteiger partial charge is 0.336 e. The van der Waals surface area contributed by atoms with Gasteiger partial charge in [-0.25, -0.2) is 4.79 Å². The van der Waals surface area contributed by atoms with Crippen LogP contribution in [0.2, 0.25) is 0 Å². The molecule has 5 saturated carbocycles. The Hall–Kier alpha value is -1.24. The van der Waals surface area contributed by atoms with Gasteiger partial charge >= 0.3 is 5.97 Å². The Bertz CT molecular complexity index is 1050. The van der Waals surface area contributed by atoms with Crippen LogP contribution in [0.3, 0.4) is 0 Å². The topological polar surface area (TPSA) is 96.4 Å². The lowest BCUT2D eigenvalue weighted by Crippen LogP contribution is -2.60. The highest BCUT2D eigenvalue weighted by Crippen LogP contribution is 2.89. The first-order chi connectivity index (χ1) is 16.6. The number of aliphatic hydroxyl groups excluding tert-OH is 2. The molecule has 0 amide bonds. The van der Waals surface area contributed by atoms with Crippen LogP contribution in [0, 0.1) is 45.8 Å². The fourth-order valence-electron chi connectivity index (χ4n) is 11.1. The number of ketones is 1. The molecule has 0 aromatic heterocycles. The molecule has 1 saturated heterocycles. The van der Waals surface area contributed by atoms with Gasteiger partial charge in [-0.15, -0.1) is 0 Å². The fraction of sp³-hybridized carbons (Fsp3) is 0.862. The largest absolute Gasteiger partial charge is 0.458 e. The van der Waals surface area contributed by atoms with E-state index in [-0.39, 0.29) is 47.4 Å². The first-order valence-electron chi connectivity index (χ1n) is 14.0. The molecule has 7 aliphatic rings. The summed E-state index contributed by atoms with van der Waals surface area (Å²) >= 11 is 0. The fourth-order valence-corrected chi connectivity index (χ4v) is 11.1. The zero-order valence-electron chi connectivity index (χ0n) is 21.5. The SMILES string of the molecule is CC1=C(CO)C(=O)OC(C(C)C2CCC3C4CC5OC56C(O)C(C)CC(=O)C65CC45CCC23C)C1. The molecule has 35 heavy (non-hydrogen) atoms. The maximum atomic E-state index is 13.6. The van der Waals surface area contributed by atoms with E-state index in [0.29, 0.717) is 42.0 Å². The van der Waals surface area contributed by atoms with E-state index in [0.717, 1.165) is 44.1 Å². The first kappa shape index (κ1) is 22.9. The monoisotopic (exact) mass is 484 g/mol. The van der Waals surface area contributed by atoms with Gasteiger partial charge in [0, 0.05) is 12.8 Å². The molecule has 0 aromatic carbocycles. The number of esters is 1. The van der Waals surface area contributed by atoms with Gasteiger partial charge in [-0.05, 0) is 85.9 Å². The van der Waals surface area contributed by atoms with Crippen molar-refractivity contribution >= 4 is 11.8 Å². The highest BCUT2D eigenvalue weighted by atomic mass is 16.6. The number of aliphatic hydroxyl groups is 2. The number of hydrogen-bond donors (Lipinski definition) is 2. The predicted molar refractivity (Wildman–Crippen MR) is 127 cm³/mol. The van der Waals surface area contributed by atoms with E-state index in [9.17, 15) is 19.8 Å². The molecule has 7 rings (SSSR count). The van der Waals surface area contributed by atoms with Crippen molar-refractivity contribution in [3.8, 4) is 0 Å². The van der Waals surface area contributed by atoms with Crippen LogP contribution in [0.25, 0.3) is 0 Å². The highest BCUT2D eigenvalue weighted by Gasteiger charge is 2.94. The third-order valence-electron chi connectivity index (χ3n) is 12.9. The molecule has 2 N–H and O–H groups in total. The van der Waals surface area contributed by atoms with E-state index < -0.39 is 17.1 Å². The van der Waals surface area contributed by atoms with Crippen LogP contribution in [-0.2, 0) is 19.1 Å².